The predicted octanol–water partition coefficient (Wildman–Crippen LogP) is 1.14. The molecule has 0 aliphatic carbocycles. The van der Waals surface area contributed by atoms with E-state index >= 15 is 0 Å². The molecular weight excluding hydrogens is 116 g/mol. The lowest BCUT2D eigenvalue weighted by Gasteiger charge is -1.45. The van der Waals surface area contributed by atoms with E-state index in [0.29, 0.717) is 19.0 Å². The van der Waals surface area contributed by atoms with Gasteiger partial charge >= 0.3 is 0 Å². The SMILES string of the molecule is C.C[SiH2]C.C[SiH2]C. The van der Waals surface area contributed by atoms with E-state index in [9.17, 15) is 0 Å². The summed E-state index contributed by atoms with van der Waals surface area (Å²) in [7, 11) is 0.833. The van der Waals surface area contributed by atoms with Gasteiger partial charge in [-0.25, -0.2) is 0 Å². The van der Waals surface area contributed by atoms with Gasteiger partial charge in [0, 0.05) is 19.0 Å². The fourth-order valence-corrected chi connectivity index (χ4v) is 0. The second kappa shape index (κ2) is 32.1. The zero-order valence-corrected chi connectivity index (χ0v) is 8.24. The molecule has 0 bridgehead atoms. The van der Waals surface area contributed by atoms with Crippen LogP contribution in [0.1, 0.15) is 7.43 Å². The highest BCUT2D eigenvalue weighted by Gasteiger charge is 1.39. The van der Waals surface area contributed by atoms with E-state index in [1.807, 2.05) is 0 Å². The van der Waals surface area contributed by atoms with Gasteiger partial charge in [-0.1, -0.05) is 33.6 Å². The van der Waals surface area contributed by atoms with Crippen LogP contribution in [0.25, 0.3) is 0 Å². The Morgan fingerprint density at radius 2 is 0.714 bits per heavy atom. The Morgan fingerprint density at radius 3 is 0.714 bits per heavy atom. The Hall–Kier alpha value is 0.434. The maximum Gasteiger partial charge on any atom is 0.0135 e. The molecule has 0 N–H and O–H groups in total. The minimum Gasteiger partial charge on any atom is -0.0776 e. The van der Waals surface area contributed by atoms with E-state index in [1.54, 1.807) is 0 Å². The molecule has 0 radical (unpaired) electrons. The molecule has 0 saturated heterocycles. The molecule has 0 aromatic rings. The van der Waals surface area contributed by atoms with Crippen molar-refractivity contribution in [2.45, 2.75) is 33.6 Å². The van der Waals surface area contributed by atoms with Gasteiger partial charge in [-0.05, 0) is 0 Å². The summed E-state index contributed by atoms with van der Waals surface area (Å²) < 4.78 is 0. The van der Waals surface area contributed by atoms with Crippen molar-refractivity contribution in [2.75, 3.05) is 0 Å². The van der Waals surface area contributed by atoms with Gasteiger partial charge in [0.25, 0.3) is 0 Å². The van der Waals surface area contributed by atoms with Crippen LogP contribution in [-0.4, -0.2) is 19.0 Å². The van der Waals surface area contributed by atoms with Gasteiger partial charge in [0.1, 0.15) is 0 Å². The highest BCUT2D eigenvalue weighted by molar-refractivity contribution is 6.31. The molecule has 0 rings (SSSR count). The Morgan fingerprint density at radius 1 is 0.714 bits per heavy atom. The first kappa shape index (κ1) is 15.7. The van der Waals surface area contributed by atoms with Crippen molar-refractivity contribution in [2.24, 2.45) is 0 Å². The summed E-state index contributed by atoms with van der Waals surface area (Å²) in [5.41, 5.74) is 0. The van der Waals surface area contributed by atoms with Crippen LogP contribution in [0.15, 0.2) is 0 Å². The first-order valence-corrected chi connectivity index (χ1v) is 8.49. The van der Waals surface area contributed by atoms with E-state index in [-0.39, 0.29) is 7.43 Å². The lowest BCUT2D eigenvalue weighted by atomic mass is 11.9. The minimum atomic E-state index is 0. The first-order chi connectivity index (χ1) is 2.83. The Kier molecular flexibility index (Phi) is 71.7. The monoisotopic (exact) mass is 136 g/mol. The largest absolute Gasteiger partial charge is 0.0776 e. The second-order valence-corrected chi connectivity index (χ2v) is 4.24. The lowest BCUT2D eigenvalue weighted by Crippen LogP contribution is -1.53. The fourth-order valence-electron chi connectivity index (χ4n) is 0. The third kappa shape index (κ3) is 672. The van der Waals surface area contributed by atoms with E-state index < -0.39 is 0 Å². The van der Waals surface area contributed by atoms with Crippen LogP contribution in [0.2, 0.25) is 26.2 Å². The van der Waals surface area contributed by atoms with Gasteiger partial charge in [-0.15, -0.1) is 0 Å². The molecule has 0 heterocycles. The maximum absolute atomic E-state index is 2.26. The quantitative estimate of drug-likeness (QED) is 0.438. The van der Waals surface area contributed by atoms with Gasteiger partial charge in [0.15, 0.2) is 0 Å². The Labute approximate surface area is 53.4 Å². The van der Waals surface area contributed by atoms with Crippen LogP contribution in [0, 0.1) is 0 Å². The van der Waals surface area contributed by atoms with Crippen molar-refractivity contribution in [3.8, 4) is 0 Å². The smallest absolute Gasteiger partial charge is 0.0135 e. The topological polar surface area (TPSA) is 0 Å². The van der Waals surface area contributed by atoms with Gasteiger partial charge in [-0.3, -0.25) is 0 Å². The van der Waals surface area contributed by atoms with Crippen LogP contribution in [-0.2, 0) is 0 Å². The predicted molar refractivity (Wildman–Crippen MR) is 47.3 cm³/mol. The number of rotatable bonds is 0. The van der Waals surface area contributed by atoms with Crippen molar-refractivity contribution in [1.29, 1.82) is 0 Å². The number of hydrogen-bond acceptors (Lipinski definition) is 0. The first-order valence-electron chi connectivity index (χ1n) is 2.83. The molecule has 0 unspecified atom stereocenters. The zero-order chi connectivity index (χ0) is 5.41. The number of hydrogen-bond donors (Lipinski definition) is 0. The van der Waals surface area contributed by atoms with Gasteiger partial charge in [0.2, 0.25) is 0 Å². The summed E-state index contributed by atoms with van der Waals surface area (Å²) in [6, 6.07) is 0. The average molecular weight is 136 g/mol. The Balaban J connectivity index is -0.0000000400. The van der Waals surface area contributed by atoms with Gasteiger partial charge in [-0.2, -0.15) is 0 Å². The standard InChI is InChI=1S/2C2H8Si.CH4/c2*1-3-2;/h2*3H2,1-2H3;1H4. The maximum atomic E-state index is 2.26. The van der Waals surface area contributed by atoms with Gasteiger partial charge in [0.05, 0.1) is 0 Å². The summed E-state index contributed by atoms with van der Waals surface area (Å²) in [5.74, 6) is 0. The highest BCUT2D eigenvalue weighted by atomic mass is 28.2. The van der Waals surface area contributed by atoms with Crippen molar-refractivity contribution in [1.82, 2.24) is 0 Å². The molecule has 0 nitrogen and oxygen atoms in total. The summed E-state index contributed by atoms with van der Waals surface area (Å²) in [6.07, 6.45) is 0. The van der Waals surface area contributed by atoms with Crippen LogP contribution in [0.3, 0.4) is 0 Å². The van der Waals surface area contributed by atoms with Crippen molar-refractivity contribution in [3.63, 3.8) is 0 Å². The molecule has 2 heteroatoms. The molecular formula is C5H20Si2. The van der Waals surface area contributed by atoms with E-state index in [0.717, 1.165) is 0 Å². The molecule has 0 amide bonds. The summed E-state index contributed by atoms with van der Waals surface area (Å²) in [5, 5.41) is 0. The summed E-state index contributed by atoms with van der Waals surface area (Å²) in [6.45, 7) is 9.06. The van der Waals surface area contributed by atoms with Crippen LogP contribution in [0.4, 0.5) is 0 Å². The highest BCUT2D eigenvalue weighted by Crippen LogP contribution is 1.37. The molecule has 0 aromatic carbocycles. The fraction of sp³-hybridized carbons (Fsp3) is 1.00. The van der Waals surface area contributed by atoms with Crippen molar-refractivity contribution >= 4 is 19.0 Å². The normalized spacial score (nSPS) is 5.14. The van der Waals surface area contributed by atoms with Crippen LogP contribution < -0.4 is 0 Å². The van der Waals surface area contributed by atoms with E-state index in [4.69, 9.17) is 0 Å². The molecule has 48 valence electrons. The zero-order valence-electron chi connectivity index (χ0n) is 5.41. The molecule has 0 aromatic heterocycles. The van der Waals surface area contributed by atoms with Crippen LogP contribution in [0.5, 0.6) is 0 Å². The molecule has 0 fully saturated rings. The molecule has 0 spiro atoms. The third-order valence-corrected chi connectivity index (χ3v) is 0. The van der Waals surface area contributed by atoms with Crippen molar-refractivity contribution in [3.05, 3.63) is 0 Å². The average Bonchev–Trinajstić information content (AvgIpc) is 1.39. The molecule has 0 aliphatic heterocycles. The summed E-state index contributed by atoms with van der Waals surface area (Å²) >= 11 is 0. The third-order valence-electron chi connectivity index (χ3n) is 0. The summed E-state index contributed by atoms with van der Waals surface area (Å²) in [4.78, 5) is 0. The second-order valence-electron chi connectivity index (χ2n) is 1.41. The van der Waals surface area contributed by atoms with E-state index in [1.165, 1.54) is 0 Å². The van der Waals surface area contributed by atoms with Crippen molar-refractivity contribution < 1.29 is 0 Å². The molecule has 0 aliphatic rings. The molecule has 0 saturated carbocycles. The molecule has 0 atom stereocenters. The minimum absolute atomic E-state index is 0. The van der Waals surface area contributed by atoms with Crippen LogP contribution >= 0.6 is 0 Å². The lowest BCUT2D eigenvalue weighted by molar-refractivity contribution is 2.14. The molecule has 7 heavy (non-hydrogen) atoms. The van der Waals surface area contributed by atoms with E-state index in [2.05, 4.69) is 26.2 Å². The van der Waals surface area contributed by atoms with Gasteiger partial charge < -0.3 is 0 Å². The Bertz CT molecular complexity index is 8.04.